The van der Waals surface area contributed by atoms with Crippen molar-refractivity contribution in [2.24, 2.45) is 10.9 Å². The molecule has 104 valence electrons. The molecule has 0 radical (unpaired) electrons. The smallest absolute Gasteiger partial charge is 0.147 e. The van der Waals surface area contributed by atoms with Crippen molar-refractivity contribution in [3.63, 3.8) is 0 Å². The van der Waals surface area contributed by atoms with E-state index in [1.54, 1.807) is 0 Å². The second kappa shape index (κ2) is 7.40. The second-order valence-corrected chi connectivity index (χ2v) is 5.97. The third kappa shape index (κ3) is 4.14. The van der Waals surface area contributed by atoms with Crippen molar-refractivity contribution in [3.8, 4) is 0 Å². The maximum atomic E-state index is 8.94. The Morgan fingerprint density at radius 3 is 2.68 bits per heavy atom. The highest BCUT2D eigenvalue weighted by atomic mass is 32.2. The molecule has 19 heavy (non-hydrogen) atoms. The molecule has 0 amide bonds. The second-order valence-electron chi connectivity index (χ2n) is 4.63. The van der Waals surface area contributed by atoms with E-state index in [0.717, 1.165) is 37.4 Å². The molecule has 1 aliphatic heterocycles. The van der Waals surface area contributed by atoms with Crippen LogP contribution in [0.4, 0.5) is 0 Å². The largest absolute Gasteiger partial charge is 0.409 e. The lowest BCUT2D eigenvalue weighted by atomic mass is 10.0. The van der Waals surface area contributed by atoms with E-state index in [2.05, 4.69) is 5.16 Å². The first kappa shape index (κ1) is 14.2. The van der Waals surface area contributed by atoms with Crippen LogP contribution >= 0.6 is 11.8 Å². The fourth-order valence-corrected chi connectivity index (χ4v) is 3.54. The molecule has 4 nitrogen and oxygen atoms in total. The summed E-state index contributed by atoms with van der Waals surface area (Å²) in [4.78, 5) is 0. The fraction of sp³-hybridized carbons (Fsp3) is 0.500. The minimum atomic E-state index is -0.0287. The standard InChI is InChI=1S/C14H20N2O2S/c15-14(16-17)13(11-4-2-1-3-5-11)10-19-12-6-8-18-9-7-12/h1-5,12-13,17H,6-10H2,(H2,15,16). The first-order valence-corrected chi connectivity index (χ1v) is 7.58. The molecule has 1 aliphatic rings. The molecule has 0 bridgehead atoms. The number of thioether (sulfide) groups is 1. The molecule has 1 unspecified atom stereocenters. The van der Waals surface area contributed by atoms with Gasteiger partial charge in [0, 0.05) is 24.2 Å². The van der Waals surface area contributed by atoms with Gasteiger partial charge in [-0.15, -0.1) is 0 Å². The van der Waals surface area contributed by atoms with Crippen LogP contribution in [0.1, 0.15) is 24.3 Å². The van der Waals surface area contributed by atoms with Gasteiger partial charge in [-0.25, -0.2) is 0 Å². The van der Waals surface area contributed by atoms with Gasteiger partial charge in [0.2, 0.25) is 0 Å². The van der Waals surface area contributed by atoms with Crippen molar-refractivity contribution in [1.29, 1.82) is 0 Å². The predicted molar refractivity (Wildman–Crippen MR) is 78.9 cm³/mol. The van der Waals surface area contributed by atoms with E-state index >= 15 is 0 Å². The van der Waals surface area contributed by atoms with Gasteiger partial charge in [-0.05, 0) is 18.4 Å². The summed E-state index contributed by atoms with van der Waals surface area (Å²) in [6, 6.07) is 9.97. The molecule has 1 fully saturated rings. The third-order valence-corrected chi connectivity index (χ3v) is 4.81. The Morgan fingerprint density at radius 2 is 2.05 bits per heavy atom. The summed E-state index contributed by atoms with van der Waals surface area (Å²) in [7, 11) is 0. The van der Waals surface area contributed by atoms with Crippen molar-refractivity contribution >= 4 is 17.6 Å². The number of rotatable bonds is 5. The van der Waals surface area contributed by atoms with Crippen molar-refractivity contribution in [3.05, 3.63) is 35.9 Å². The van der Waals surface area contributed by atoms with Crippen LogP contribution in [-0.4, -0.2) is 35.3 Å². The van der Waals surface area contributed by atoms with E-state index < -0.39 is 0 Å². The predicted octanol–water partition coefficient (Wildman–Crippen LogP) is 2.43. The number of oxime groups is 1. The minimum Gasteiger partial charge on any atom is -0.409 e. The Balaban J connectivity index is 1.98. The van der Waals surface area contributed by atoms with Crippen LogP contribution in [0.5, 0.6) is 0 Å². The number of ether oxygens (including phenoxy) is 1. The first-order valence-electron chi connectivity index (χ1n) is 6.53. The molecule has 5 heteroatoms. The maximum Gasteiger partial charge on any atom is 0.147 e. The molecule has 0 saturated carbocycles. The quantitative estimate of drug-likeness (QED) is 0.376. The SMILES string of the molecule is NC(=NO)C(CSC1CCOCC1)c1ccccc1. The number of benzene rings is 1. The number of amidine groups is 1. The van der Waals surface area contributed by atoms with Crippen LogP contribution in [0.15, 0.2) is 35.5 Å². The maximum absolute atomic E-state index is 8.94. The normalized spacial score (nSPS) is 19.3. The summed E-state index contributed by atoms with van der Waals surface area (Å²) < 4.78 is 5.36. The molecule has 1 atom stereocenters. The van der Waals surface area contributed by atoms with Crippen molar-refractivity contribution in [1.82, 2.24) is 0 Å². The van der Waals surface area contributed by atoms with Gasteiger partial charge in [0.05, 0.1) is 5.92 Å². The van der Waals surface area contributed by atoms with Crippen molar-refractivity contribution < 1.29 is 9.94 Å². The molecule has 0 spiro atoms. The Kier molecular flexibility index (Phi) is 5.54. The summed E-state index contributed by atoms with van der Waals surface area (Å²) >= 11 is 1.89. The zero-order chi connectivity index (χ0) is 13.5. The Bertz CT molecular complexity index is 405. The average molecular weight is 280 g/mol. The average Bonchev–Trinajstić information content (AvgIpc) is 2.49. The van der Waals surface area contributed by atoms with E-state index in [1.807, 2.05) is 42.1 Å². The molecular weight excluding hydrogens is 260 g/mol. The lowest BCUT2D eigenvalue weighted by molar-refractivity contribution is 0.100. The van der Waals surface area contributed by atoms with Crippen LogP contribution < -0.4 is 5.73 Å². The summed E-state index contributed by atoms with van der Waals surface area (Å²) in [5, 5.41) is 12.7. The zero-order valence-electron chi connectivity index (χ0n) is 10.9. The van der Waals surface area contributed by atoms with E-state index in [0.29, 0.717) is 5.25 Å². The molecule has 1 aromatic carbocycles. The highest BCUT2D eigenvalue weighted by molar-refractivity contribution is 7.99. The fourth-order valence-electron chi connectivity index (χ4n) is 2.18. The van der Waals surface area contributed by atoms with Crippen LogP contribution in [-0.2, 0) is 4.74 Å². The molecule has 1 saturated heterocycles. The highest BCUT2D eigenvalue weighted by Crippen LogP contribution is 2.28. The van der Waals surface area contributed by atoms with Gasteiger partial charge < -0.3 is 15.7 Å². The van der Waals surface area contributed by atoms with Crippen LogP contribution in [0.2, 0.25) is 0 Å². The molecule has 0 aromatic heterocycles. The Labute approximate surface area is 118 Å². The Morgan fingerprint density at radius 1 is 1.37 bits per heavy atom. The number of hydrogen-bond acceptors (Lipinski definition) is 4. The van der Waals surface area contributed by atoms with E-state index in [-0.39, 0.29) is 11.8 Å². The van der Waals surface area contributed by atoms with E-state index in [9.17, 15) is 0 Å². The van der Waals surface area contributed by atoms with Gasteiger partial charge in [0.15, 0.2) is 0 Å². The van der Waals surface area contributed by atoms with Crippen molar-refractivity contribution in [2.75, 3.05) is 19.0 Å². The van der Waals surface area contributed by atoms with Gasteiger partial charge in [0.1, 0.15) is 5.84 Å². The number of nitrogens with zero attached hydrogens (tertiary/aromatic N) is 1. The van der Waals surface area contributed by atoms with Crippen LogP contribution in [0, 0.1) is 0 Å². The van der Waals surface area contributed by atoms with Gasteiger partial charge in [-0.3, -0.25) is 0 Å². The van der Waals surface area contributed by atoms with Crippen LogP contribution in [0.3, 0.4) is 0 Å². The Hall–Kier alpha value is -1.20. The highest BCUT2D eigenvalue weighted by Gasteiger charge is 2.20. The molecule has 3 N–H and O–H groups in total. The van der Waals surface area contributed by atoms with Gasteiger partial charge in [-0.1, -0.05) is 35.5 Å². The van der Waals surface area contributed by atoms with Crippen molar-refractivity contribution in [2.45, 2.75) is 24.0 Å². The van der Waals surface area contributed by atoms with E-state index in [4.69, 9.17) is 15.7 Å². The molecule has 1 aromatic rings. The summed E-state index contributed by atoms with van der Waals surface area (Å²) in [5.74, 6) is 1.09. The molecular formula is C14H20N2O2S. The van der Waals surface area contributed by atoms with Gasteiger partial charge in [-0.2, -0.15) is 11.8 Å². The number of hydrogen-bond donors (Lipinski definition) is 2. The van der Waals surface area contributed by atoms with Gasteiger partial charge >= 0.3 is 0 Å². The molecule has 2 rings (SSSR count). The lowest BCUT2D eigenvalue weighted by Crippen LogP contribution is -2.26. The van der Waals surface area contributed by atoms with Crippen LogP contribution in [0.25, 0.3) is 0 Å². The molecule has 1 heterocycles. The lowest BCUT2D eigenvalue weighted by Gasteiger charge is -2.24. The summed E-state index contributed by atoms with van der Waals surface area (Å²) in [5.41, 5.74) is 6.92. The van der Waals surface area contributed by atoms with Gasteiger partial charge in [0.25, 0.3) is 0 Å². The first-order chi connectivity index (χ1) is 9.31. The summed E-state index contributed by atoms with van der Waals surface area (Å²) in [6.07, 6.45) is 2.17. The minimum absolute atomic E-state index is 0.0287. The molecule has 0 aliphatic carbocycles. The van der Waals surface area contributed by atoms with E-state index in [1.165, 1.54) is 0 Å². The monoisotopic (exact) mass is 280 g/mol. The summed E-state index contributed by atoms with van der Waals surface area (Å²) in [6.45, 7) is 1.69. The third-order valence-electron chi connectivity index (χ3n) is 3.34. The number of nitrogens with two attached hydrogens (primary N) is 1. The zero-order valence-corrected chi connectivity index (χ0v) is 11.7. The topological polar surface area (TPSA) is 67.8 Å².